The average molecular weight is 400 g/mol. The molecule has 3 aromatic rings. The third-order valence-electron chi connectivity index (χ3n) is 3.98. The van der Waals surface area contributed by atoms with E-state index < -0.39 is 0 Å². The molecule has 1 amide bonds. The lowest BCUT2D eigenvalue weighted by molar-refractivity contribution is -0.121. The molecule has 0 aliphatic rings. The van der Waals surface area contributed by atoms with Crippen LogP contribution in [0.1, 0.15) is 17.5 Å². The predicted octanol–water partition coefficient (Wildman–Crippen LogP) is 3.17. The van der Waals surface area contributed by atoms with Crippen molar-refractivity contribution in [2.24, 2.45) is 0 Å². The Morgan fingerprint density at radius 2 is 1.96 bits per heavy atom. The first-order valence-electron chi connectivity index (χ1n) is 8.00. The molecule has 1 heterocycles. The highest BCUT2D eigenvalue weighted by molar-refractivity contribution is 9.10. The van der Waals surface area contributed by atoms with Crippen LogP contribution in [0.15, 0.2) is 58.1 Å². The van der Waals surface area contributed by atoms with Crippen molar-refractivity contribution in [1.82, 2.24) is 14.9 Å². The number of hydrogen-bond donors (Lipinski definition) is 1. The van der Waals surface area contributed by atoms with E-state index in [1.54, 1.807) is 12.1 Å². The standard InChI is InChI=1S/C19H18BrN3O2/c1-13-2-4-14(5-3-13)11-21-18(24)8-9-23-12-22-17-7-6-15(20)10-16(17)19(23)25/h2-7,10,12H,8-9,11H2,1H3,(H,21,24). The number of benzene rings is 2. The van der Waals surface area contributed by atoms with Gasteiger partial charge in [-0.25, -0.2) is 4.98 Å². The molecular weight excluding hydrogens is 382 g/mol. The number of nitrogens with one attached hydrogen (secondary N) is 1. The summed E-state index contributed by atoms with van der Waals surface area (Å²) in [4.78, 5) is 28.8. The minimum Gasteiger partial charge on any atom is -0.352 e. The summed E-state index contributed by atoms with van der Waals surface area (Å²) in [6.45, 7) is 2.81. The van der Waals surface area contributed by atoms with E-state index in [4.69, 9.17) is 0 Å². The number of carbonyl (C=O) groups is 1. The Balaban J connectivity index is 1.62. The quantitative estimate of drug-likeness (QED) is 0.716. The van der Waals surface area contributed by atoms with Crippen molar-refractivity contribution in [2.45, 2.75) is 26.4 Å². The third-order valence-corrected chi connectivity index (χ3v) is 4.47. The molecule has 0 radical (unpaired) electrons. The number of nitrogens with zero attached hydrogens (tertiary/aromatic N) is 2. The Morgan fingerprint density at radius 3 is 2.72 bits per heavy atom. The Morgan fingerprint density at radius 1 is 1.20 bits per heavy atom. The minimum absolute atomic E-state index is 0.0955. The average Bonchev–Trinajstić information content (AvgIpc) is 2.61. The Kier molecular flexibility index (Phi) is 5.28. The molecule has 0 spiro atoms. The first kappa shape index (κ1) is 17.4. The van der Waals surface area contributed by atoms with Crippen molar-refractivity contribution in [3.05, 3.63) is 74.7 Å². The van der Waals surface area contributed by atoms with E-state index in [1.807, 2.05) is 37.3 Å². The summed E-state index contributed by atoms with van der Waals surface area (Å²) in [5, 5.41) is 3.41. The van der Waals surface area contributed by atoms with Gasteiger partial charge < -0.3 is 5.32 Å². The lowest BCUT2D eigenvalue weighted by atomic mass is 10.1. The fourth-order valence-electron chi connectivity index (χ4n) is 2.51. The summed E-state index contributed by atoms with van der Waals surface area (Å²) in [6.07, 6.45) is 1.72. The molecule has 0 aliphatic carbocycles. The lowest BCUT2D eigenvalue weighted by Crippen LogP contribution is -2.27. The summed E-state index contributed by atoms with van der Waals surface area (Å²) >= 11 is 3.36. The topological polar surface area (TPSA) is 64.0 Å². The number of hydrogen-bond acceptors (Lipinski definition) is 3. The van der Waals surface area contributed by atoms with E-state index in [1.165, 1.54) is 16.5 Å². The molecule has 0 saturated carbocycles. The molecule has 1 N–H and O–H groups in total. The zero-order valence-electron chi connectivity index (χ0n) is 13.8. The van der Waals surface area contributed by atoms with Crippen molar-refractivity contribution >= 4 is 32.7 Å². The van der Waals surface area contributed by atoms with Crippen LogP contribution in [0.5, 0.6) is 0 Å². The van der Waals surface area contributed by atoms with Crippen molar-refractivity contribution in [3.63, 3.8) is 0 Å². The monoisotopic (exact) mass is 399 g/mol. The second-order valence-corrected chi connectivity index (χ2v) is 6.83. The fraction of sp³-hybridized carbons (Fsp3) is 0.211. The van der Waals surface area contributed by atoms with E-state index in [0.717, 1.165) is 10.0 Å². The normalized spacial score (nSPS) is 10.8. The van der Waals surface area contributed by atoms with E-state index in [9.17, 15) is 9.59 Å². The number of halogens is 1. The molecule has 25 heavy (non-hydrogen) atoms. The minimum atomic E-state index is -0.141. The van der Waals surface area contributed by atoms with Crippen LogP contribution >= 0.6 is 15.9 Å². The van der Waals surface area contributed by atoms with Gasteiger partial charge in [0.25, 0.3) is 5.56 Å². The Labute approximate surface area is 153 Å². The van der Waals surface area contributed by atoms with Crippen LogP contribution in [0.2, 0.25) is 0 Å². The third kappa shape index (κ3) is 4.33. The van der Waals surface area contributed by atoms with Gasteiger partial charge in [-0.05, 0) is 30.7 Å². The largest absolute Gasteiger partial charge is 0.352 e. The van der Waals surface area contributed by atoms with Crippen molar-refractivity contribution in [1.29, 1.82) is 0 Å². The van der Waals surface area contributed by atoms with E-state index >= 15 is 0 Å². The lowest BCUT2D eigenvalue weighted by Gasteiger charge is -2.08. The molecule has 0 saturated heterocycles. The number of carbonyl (C=O) groups excluding carboxylic acids is 1. The van der Waals surface area contributed by atoms with Crippen LogP contribution in [-0.2, 0) is 17.9 Å². The number of aryl methyl sites for hydroxylation is 2. The zero-order valence-corrected chi connectivity index (χ0v) is 15.4. The van der Waals surface area contributed by atoms with Gasteiger partial charge in [-0.3, -0.25) is 14.2 Å². The molecule has 6 heteroatoms. The van der Waals surface area contributed by atoms with Gasteiger partial charge in [-0.2, -0.15) is 0 Å². The molecule has 0 bridgehead atoms. The molecular formula is C19H18BrN3O2. The Hall–Kier alpha value is -2.47. The second-order valence-electron chi connectivity index (χ2n) is 5.92. The van der Waals surface area contributed by atoms with Gasteiger partial charge in [-0.15, -0.1) is 0 Å². The maximum atomic E-state index is 12.5. The second kappa shape index (κ2) is 7.61. The first-order valence-corrected chi connectivity index (χ1v) is 8.79. The van der Waals surface area contributed by atoms with E-state index in [0.29, 0.717) is 24.0 Å². The van der Waals surface area contributed by atoms with Crippen LogP contribution in [0.3, 0.4) is 0 Å². The number of rotatable bonds is 5. The van der Waals surface area contributed by atoms with Crippen molar-refractivity contribution in [3.8, 4) is 0 Å². The highest BCUT2D eigenvalue weighted by Gasteiger charge is 2.07. The first-order chi connectivity index (χ1) is 12.0. The smallest absolute Gasteiger partial charge is 0.261 e. The summed E-state index contributed by atoms with van der Waals surface area (Å²) in [5.74, 6) is -0.0955. The highest BCUT2D eigenvalue weighted by atomic mass is 79.9. The molecule has 0 fully saturated rings. The van der Waals surface area contributed by atoms with E-state index in [-0.39, 0.29) is 17.9 Å². The summed E-state index contributed by atoms with van der Waals surface area (Å²) in [7, 11) is 0. The molecule has 128 valence electrons. The molecule has 0 aliphatic heterocycles. The SMILES string of the molecule is Cc1ccc(CNC(=O)CCn2cnc3ccc(Br)cc3c2=O)cc1. The van der Waals surface area contributed by atoms with Crippen LogP contribution in [0, 0.1) is 6.92 Å². The van der Waals surface area contributed by atoms with E-state index in [2.05, 4.69) is 26.2 Å². The molecule has 1 aromatic heterocycles. The number of fused-ring (bicyclic) bond motifs is 1. The van der Waals surface area contributed by atoms with Gasteiger partial charge in [0.2, 0.25) is 5.91 Å². The van der Waals surface area contributed by atoms with Crippen LogP contribution in [0.4, 0.5) is 0 Å². The predicted molar refractivity (Wildman–Crippen MR) is 101 cm³/mol. The summed E-state index contributed by atoms with van der Waals surface area (Å²) < 4.78 is 2.30. The molecule has 0 unspecified atom stereocenters. The van der Waals surface area contributed by atoms with Gasteiger partial charge in [0.05, 0.1) is 17.2 Å². The maximum absolute atomic E-state index is 12.5. The van der Waals surface area contributed by atoms with Gasteiger partial charge >= 0.3 is 0 Å². The molecule has 2 aromatic carbocycles. The number of amides is 1. The van der Waals surface area contributed by atoms with Gasteiger partial charge in [-0.1, -0.05) is 45.8 Å². The van der Waals surface area contributed by atoms with Gasteiger partial charge in [0, 0.05) is 24.0 Å². The molecule has 5 nitrogen and oxygen atoms in total. The van der Waals surface area contributed by atoms with Crippen LogP contribution < -0.4 is 10.9 Å². The summed E-state index contributed by atoms with van der Waals surface area (Å²) in [5.41, 5.74) is 2.74. The fourth-order valence-corrected chi connectivity index (χ4v) is 2.87. The summed E-state index contributed by atoms with van der Waals surface area (Å²) in [6, 6.07) is 13.4. The van der Waals surface area contributed by atoms with Crippen LogP contribution in [0.25, 0.3) is 10.9 Å². The van der Waals surface area contributed by atoms with Gasteiger partial charge in [0.1, 0.15) is 0 Å². The van der Waals surface area contributed by atoms with Crippen molar-refractivity contribution in [2.75, 3.05) is 0 Å². The molecule has 3 rings (SSSR count). The zero-order chi connectivity index (χ0) is 17.8. The van der Waals surface area contributed by atoms with Crippen LogP contribution in [-0.4, -0.2) is 15.5 Å². The Bertz CT molecular complexity index is 965. The molecule has 0 atom stereocenters. The maximum Gasteiger partial charge on any atom is 0.261 e. The van der Waals surface area contributed by atoms with Crippen molar-refractivity contribution < 1.29 is 4.79 Å². The highest BCUT2D eigenvalue weighted by Crippen LogP contribution is 2.14. The number of aromatic nitrogens is 2. The van der Waals surface area contributed by atoms with Gasteiger partial charge in [0.15, 0.2) is 0 Å².